The lowest BCUT2D eigenvalue weighted by Crippen LogP contribution is -2.09. The van der Waals surface area contributed by atoms with Gasteiger partial charge in [-0.2, -0.15) is 0 Å². The first-order valence-electron chi connectivity index (χ1n) is 8.63. The molecule has 0 aliphatic carbocycles. The summed E-state index contributed by atoms with van der Waals surface area (Å²) in [6.45, 7) is 5.54. The molecular weight excluding hydrogens is 340 g/mol. The Kier molecular flexibility index (Phi) is 8.41. The fourth-order valence-corrected chi connectivity index (χ4v) is 2.59. The highest BCUT2D eigenvalue weighted by atomic mass is 16.6. The number of hydrogen-bond donors (Lipinski definition) is 0. The number of nitrogens with zero attached hydrogens (tertiary/aromatic N) is 2. The number of nitro benzene ring substituents is 2. The van der Waals surface area contributed by atoms with Gasteiger partial charge in [-0.1, -0.05) is 45.6 Å². The molecule has 0 fully saturated rings. The van der Waals surface area contributed by atoms with E-state index >= 15 is 0 Å². The summed E-state index contributed by atoms with van der Waals surface area (Å²) in [5.41, 5.74) is -0.661. The van der Waals surface area contributed by atoms with Crippen LogP contribution in [-0.2, 0) is 4.79 Å². The molecule has 0 radical (unpaired) electrons. The van der Waals surface area contributed by atoms with E-state index in [9.17, 15) is 25.0 Å². The molecule has 0 aliphatic heterocycles. The second-order valence-corrected chi connectivity index (χ2v) is 6.07. The van der Waals surface area contributed by atoms with Gasteiger partial charge in [0.1, 0.15) is 0 Å². The number of carbonyl (C=O) groups excluding carboxylic acids is 1. The molecule has 0 bridgehead atoms. The van der Waals surface area contributed by atoms with E-state index in [-0.39, 0.29) is 5.92 Å². The maximum Gasteiger partial charge on any atom is 0.336 e. The fourth-order valence-electron chi connectivity index (χ4n) is 2.59. The Morgan fingerprint density at radius 3 is 2.19 bits per heavy atom. The van der Waals surface area contributed by atoms with E-state index in [0.29, 0.717) is 5.56 Å². The van der Waals surface area contributed by atoms with Crippen LogP contribution in [0, 0.1) is 20.2 Å². The highest BCUT2D eigenvalue weighted by molar-refractivity contribution is 5.86. The van der Waals surface area contributed by atoms with Crippen molar-refractivity contribution >= 4 is 17.3 Å². The summed E-state index contributed by atoms with van der Waals surface area (Å²) in [5.74, 6) is -1.62. The minimum absolute atomic E-state index is 0.0791. The largest absolute Gasteiger partial charge is 0.409 e. The van der Waals surface area contributed by atoms with E-state index in [2.05, 4.69) is 6.92 Å². The number of allylic oxidation sites excluding steroid dienone is 1. The van der Waals surface area contributed by atoms with Crippen LogP contribution in [0.15, 0.2) is 24.3 Å². The van der Waals surface area contributed by atoms with E-state index in [1.807, 2.05) is 6.92 Å². The van der Waals surface area contributed by atoms with Crippen LogP contribution in [0.4, 0.5) is 11.4 Å². The second-order valence-electron chi connectivity index (χ2n) is 6.07. The van der Waals surface area contributed by atoms with E-state index in [4.69, 9.17) is 4.74 Å². The van der Waals surface area contributed by atoms with E-state index < -0.39 is 32.9 Å². The molecule has 0 N–H and O–H groups in total. The molecule has 0 amide bonds. The van der Waals surface area contributed by atoms with Crippen LogP contribution in [0.25, 0.3) is 0 Å². The summed E-state index contributed by atoms with van der Waals surface area (Å²) in [5, 5.41) is 22.8. The van der Waals surface area contributed by atoms with Gasteiger partial charge in [0.15, 0.2) is 0 Å². The molecular formula is C18H24N2O6. The van der Waals surface area contributed by atoms with Gasteiger partial charge in [-0.05, 0) is 24.8 Å². The molecule has 1 aromatic carbocycles. The summed E-state index contributed by atoms with van der Waals surface area (Å²) in [6.07, 6.45) is 7.37. The summed E-state index contributed by atoms with van der Waals surface area (Å²) in [4.78, 5) is 32.9. The first-order chi connectivity index (χ1) is 12.3. The van der Waals surface area contributed by atoms with Crippen LogP contribution in [0.1, 0.15) is 64.4 Å². The average Bonchev–Trinajstić information content (AvgIpc) is 2.58. The number of carbonyl (C=O) groups is 1. The maximum atomic E-state index is 11.6. The smallest absolute Gasteiger partial charge is 0.336 e. The molecule has 26 heavy (non-hydrogen) atoms. The summed E-state index contributed by atoms with van der Waals surface area (Å²) in [6, 6.07) is 2.52. The molecule has 8 nitrogen and oxygen atoms in total. The molecule has 1 unspecified atom stereocenters. The number of benzene rings is 1. The zero-order valence-electron chi connectivity index (χ0n) is 15.3. The van der Waals surface area contributed by atoms with Gasteiger partial charge in [0.05, 0.1) is 9.85 Å². The monoisotopic (exact) mass is 364 g/mol. The Morgan fingerprint density at radius 1 is 1.15 bits per heavy atom. The lowest BCUT2D eigenvalue weighted by Gasteiger charge is -2.13. The molecule has 1 aromatic rings. The van der Waals surface area contributed by atoms with Crippen molar-refractivity contribution < 1.29 is 19.4 Å². The highest BCUT2D eigenvalue weighted by Crippen LogP contribution is 2.40. The van der Waals surface area contributed by atoms with Gasteiger partial charge in [0, 0.05) is 18.2 Å². The Balaban J connectivity index is 3.25. The lowest BCUT2D eigenvalue weighted by atomic mass is 9.93. The summed E-state index contributed by atoms with van der Waals surface area (Å²) < 4.78 is 4.88. The number of ether oxygens (including phenoxy) is 1. The molecule has 1 atom stereocenters. The van der Waals surface area contributed by atoms with Crippen molar-refractivity contribution in [2.45, 2.75) is 58.8 Å². The zero-order valence-corrected chi connectivity index (χ0v) is 15.3. The Hall–Kier alpha value is -2.77. The van der Waals surface area contributed by atoms with Gasteiger partial charge in [0.2, 0.25) is 0 Å². The third-order valence-corrected chi connectivity index (χ3v) is 4.03. The molecule has 0 saturated heterocycles. The van der Waals surface area contributed by atoms with E-state index in [0.717, 1.165) is 38.2 Å². The fraction of sp³-hybridized carbons (Fsp3) is 0.500. The molecule has 1 rings (SSSR count). The van der Waals surface area contributed by atoms with Crippen molar-refractivity contribution in [2.24, 2.45) is 0 Å². The number of rotatable bonds is 10. The molecule has 0 spiro atoms. The van der Waals surface area contributed by atoms with Gasteiger partial charge in [-0.25, -0.2) is 4.79 Å². The quantitative estimate of drug-likeness (QED) is 0.143. The maximum absolute atomic E-state index is 11.6. The van der Waals surface area contributed by atoms with Crippen molar-refractivity contribution in [3.8, 4) is 5.75 Å². The topological polar surface area (TPSA) is 113 Å². The third kappa shape index (κ3) is 5.94. The number of nitro groups is 2. The van der Waals surface area contributed by atoms with Crippen LogP contribution >= 0.6 is 0 Å². The predicted molar refractivity (Wildman–Crippen MR) is 97.4 cm³/mol. The second kappa shape index (κ2) is 10.3. The van der Waals surface area contributed by atoms with Gasteiger partial charge < -0.3 is 4.74 Å². The lowest BCUT2D eigenvalue weighted by molar-refractivity contribution is -0.395. The number of esters is 1. The first kappa shape index (κ1) is 21.3. The molecule has 0 saturated carbocycles. The van der Waals surface area contributed by atoms with Crippen LogP contribution < -0.4 is 4.74 Å². The van der Waals surface area contributed by atoms with Crippen LogP contribution in [0.2, 0.25) is 0 Å². The van der Waals surface area contributed by atoms with Crippen LogP contribution in [-0.4, -0.2) is 15.8 Å². The summed E-state index contributed by atoms with van der Waals surface area (Å²) in [7, 11) is 0. The predicted octanol–water partition coefficient (Wildman–Crippen LogP) is 5.06. The minimum atomic E-state index is -0.904. The molecule has 0 heterocycles. The number of unbranched alkanes of at least 4 members (excludes halogenated alkanes) is 3. The normalized spacial score (nSPS) is 12.1. The van der Waals surface area contributed by atoms with Gasteiger partial charge in [-0.3, -0.25) is 20.2 Å². The first-order valence-corrected chi connectivity index (χ1v) is 8.63. The molecule has 0 aromatic heterocycles. The molecule has 8 heteroatoms. The standard InChI is InChI=1S/C18H24N2O6/c1-4-6-7-8-10-13(3)14-11-15(19(22)23)18(16(12-14)20(24)25)26-17(21)9-5-2/h5,9,11-13H,4,6-8,10H2,1-3H3/b9-5-. The Labute approximate surface area is 152 Å². The summed E-state index contributed by atoms with van der Waals surface area (Å²) >= 11 is 0. The van der Waals surface area contributed by atoms with Crippen molar-refractivity contribution in [1.82, 2.24) is 0 Å². The molecule has 142 valence electrons. The highest BCUT2D eigenvalue weighted by Gasteiger charge is 2.31. The van der Waals surface area contributed by atoms with Gasteiger partial charge in [0.25, 0.3) is 5.75 Å². The zero-order chi connectivity index (χ0) is 19.7. The van der Waals surface area contributed by atoms with E-state index in [1.165, 1.54) is 18.2 Å². The Morgan fingerprint density at radius 2 is 1.73 bits per heavy atom. The minimum Gasteiger partial charge on any atom is -0.409 e. The third-order valence-electron chi connectivity index (χ3n) is 4.03. The van der Waals surface area contributed by atoms with Gasteiger partial charge in [-0.15, -0.1) is 0 Å². The van der Waals surface area contributed by atoms with E-state index in [1.54, 1.807) is 6.92 Å². The van der Waals surface area contributed by atoms with Crippen LogP contribution in [0.5, 0.6) is 5.75 Å². The number of hydrogen-bond acceptors (Lipinski definition) is 6. The SMILES string of the molecule is C/C=C\C(=O)Oc1c([N+](=O)[O-])cc(C(C)CCCCCC)cc1[N+](=O)[O-]. The van der Waals surface area contributed by atoms with Crippen molar-refractivity contribution in [2.75, 3.05) is 0 Å². The van der Waals surface area contributed by atoms with Crippen molar-refractivity contribution in [1.29, 1.82) is 0 Å². The van der Waals surface area contributed by atoms with Crippen molar-refractivity contribution in [3.05, 3.63) is 50.1 Å². The molecule has 0 aliphatic rings. The van der Waals surface area contributed by atoms with Gasteiger partial charge >= 0.3 is 17.3 Å². The van der Waals surface area contributed by atoms with Crippen LogP contribution in [0.3, 0.4) is 0 Å². The Bertz CT molecular complexity index is 664. The van der Waals surface area contributed by atoms with Crippen molar-refractivity contribution in [3.63, 3.8) is 0 Å². The average molecular weight is 364 g/mol.